The Balaban J connectivity index is 2.12. The third-order valence-electron chi connectivity index (χ3n) is 3.28. The molecule has 20 heavy (non-hydrogen) atoms. The number of hydrogen-bond acceptors (Lipinski definition) is 5. The van der Waals surface area contributed by atoms with Gasteiger partial charge >= 0.3 is 0 Å². The first-order valence-corrected chi connectivity index (χ1v) is 6.37. The highest BCUT2D eigenvalue weighted by Crippen LogP contribution is 2.29. The van der Waals surface area contributed by atoms with Crippen LogP contribution < -0.4 is 10.7 Å². The Hall–Kier alpha value is -2.58. The number of ether oxygens (including phenoxy) is 1. The smallest absolute Gasteiger partial charge is 0.144 e. The molecule has 0 aromatic heterocycles. The van der Waals surface area contributed by atoms with Gasteiger partial charge in [-0.2, -0.15) is 10.4 Å². The number of hydrogen-bond donors (Lipinski definition) is 1. The second kappa shape index (κ2) is 4.83. The summed E-state index contributed by atoms with van der Waals surface area (Å²) in [6.45, 7) is 2.31. The zero-order valence-corrected chi connectivity index (χ0v) is 11.1. The Morgan fingerprint density at radius 1 is 1.40 bits per heavy atom. The molecule has 1 unspecified atom stereocenters. The van der Waals surface area contributed by atoms with Crippen LogP contribution in [0.25, 0.3) is 0 Å². The number of hydrazone groups is 1. The van der Waals surface area contributed by atoms with Crippen molar-refractivity contribution in [1.82, 2.24) is 0 Å². The monoisotopic (exact) mass is 266 g/mol. The summed E-state index contributed by atoms with van der Waals surface area (Å²) in [6, 6.07) is 11.7. The van der Waals surface area contributed by atoms with E-state index in [1.165, 1.54) is 0 Å². The first-order valence-electron chi connectivity index (χ1n) is 6.37. The van der Waals surface area contributed by atoms with Gasteiger partial charge in [0.2, 0.25) is 0 Å². The molecule has 0 saturated heterocycles. The van der Waals surface area contributed by atoms with Crippen molar-refractivity contribution in [2.75, 3.05) is 11.6 Å². The molecule has 0 saturated carbocycles. The van der Waals surface area contributed by atoms with Gasteiger partial charge in [-0.05, 0) is 25.1 Å². The average Bonchev–Trinajstić information content (AvgIpc) is 2.48. The molecule has 2 aliphatic rings. The fourth-order valence-corrected chi connectivity index (χ4v) is 2.28. The maximum Gasteiger partial charge on any atom is 0.144 e. The number of nitrogens with two attached hydrogens (primary N) is 1. The van der Waals surface area contributed by atoms with E-state index in [9.17, 15) is 5.26 Å². The van der Waals surface area contributed by atoms with Crippen molar-refractivity contribution in [3.05, 3.63) is 53.4 Å². The van der Waals surface area contributed by atoms with E-state index in [2.05, 4.69) is 11.2 Å². The highest BCUT2D eigenvalue weighted by atomic mass is 16.5. The quantitative estimate of drug-likeness (QED) is 0.842. The highest BCUT2D eigenvalue weighted by Gasteiger charge is 2.29. The van der Waals surface area contributed by atoms with Gasteiger partial charge in [0, 0.05) is 5.57 Å². The predicted octanol–water partition coefficient (Wildman–Crippen LogP) is 1.90. The number of benzene rings is 1. The van der Waals surface area contributed by atoms with Crippen LogP contribution in [0.15, 0.2) is 58.5 Å². The van der Waals surface area contributed by atoms with E-state index in [0.717, 1.165) is 17.0 Å². The molecule has 3 rings (SSSR count). The maximum absolute atomic E-state index is 9.40. The molecule has 0 aliphatic carbocycles. The van der Waals surface area contributed by atoms with Crippen LogP contribution in [0.4, 0.5) is 5.69 Å². The van der Waals surface area contributed by atoms with Crippen molar-refractivity contribution in [1.29, 1.82) is 5.26 Å². The molecule has 1 aromatic rings. The van der Waals surface area contributed by atoms with Crippen LogP contribution in [0, 0.1) is 11.3 Å². The molecule has 0 bridgehead atoms. The van der Waals surface area contributed by atoms with Crippen molar-refractivity contribution in [3.63, 3.8) is 0 Å². The van der Waals surface area contributed by atoms with Crippen LogP contribution in [-0.2, 0) is 4.74 Å². The predicted molar refractivity (Wildman–Crippen MR) is 76.7 cm³/mol. The standard InChI is InChI=1S/C15H14N4O/c1-10-7-12-13(8-16)15(17)19(18-14(12)9-20-10)11-5-3-2-4-6-11/h2-7,10H,9,17H2,1H3. The number of para-hydroxylation sites is 1. The molecular weight excluding hydrogens is 252 g/mol. The van der Waals surface area contributed by atoms with Gasteiger partial charge in [-0.1, -0.05) is 18.2 Å². The van der Waals surface area contributed by atoms with E-state index < -0.39 is 0 Å². The van der Waals surface area contributed by atoms with Crippen LogP contribution in [0.3, 0.4) is 0 Å². The Bertz CT molecular complexity index is 667. The van der Waals surface area contributed by atoms with Crippen molar-refractivity contribution >= 4 is 11.4 Å². The second-order valence-electron chi connectivity index (χ2n) is 4.66. The molecular formula is C15H14N4O. The maximum atomic E-state index is 9.40. The highest BCUT2D eigenvalue weighted by molar-refractivity contribution is 6.08. The Labute approximate surface area is 117 Å². The van der Waals surface area contributed by atoms with Gasteiger partial charge in [0.15, 0.2) is 0 Å². The third kappa shape index (κ3) is 1.96. The van der Waals surface area contributed by atoms with Crippen LogP contribution in [0.5, 0.6) is 0 Å². The van der Waals surface area contributed by atoms with Gasteiger partial charge in [0.1, 0.15) is 17.5 Å². The number of nitriles is 1. The lowest BCUT2D eigenvalue weighted by Gasteiger charge is -2.30. The molecule has 0 amide bonds. The number of allylic oxidation sites excluding steroid dienone is 1. The van der Waals surface area contributed by atoms with Gasteiger partial charge < -0.3 is 10.5 Å². The molecule has 2 heterocycles. The van der Waals surface area contributed by atoms with Gasteiger partial charge in [0.25, 0.3) is 0 Å². The van der Waals surface area contributed by atoms with Crippen molar-refractivity contribution in [2.45, 2.75) is 13.0 Å². The minimum atomic E-state index is -0.0385. The Morgan fingerprint density at radius 2 is 2.15 bits per heavy atom. The largest absolute Gasteiger partial charge is 0.383 e. The van der Waals surface area contributed by atoms with Gasteiger partial charge in [-0.25, -0.2) is 5.01 Å². The first-order chi connectivity index (χ1) is 9.70. The van der Waals surface area contributed by atoms with Gasteiger partial charge in [0.05, 0.1) is 24.1 Å². The molecule has 2 N–H and O–H groups in total. The molecule has 0 spiro atoms. The van der Waals surface area contributed by atoms with E-state index in [1.54, 1.807) is 5.01 Å². The van der Waals surface area contributed by atoms with Crippen LogP contribution in [0.2, 0.25) is 0 Å². The second-order valence-corrected chi connectivity index (χ2v) is 4.66. The summed E-state index contributed by atoms with van der Waals surface area (Å²) >= 11 is 0. The van der Waals surface area contributed by atoms with E-state index in [0.29, 0.717) is 18.0 Å². The molecule has 1 aromatic carbocycles. The lowest BCUT2D eigenvalue weighted by Crippen LogP contribution is -2.35. The zero-order valence-electron chi connectivity index (χ0n) is 11.1. The van der Waals surface area contributed by atoms with Crippen LogP contribution in [0.1, 0.15) is 6.92 Å². The van der Waals surface area contributed by atoms with Gasteiger partial charge in [-0.3, -0.25) is 0 Å². The normalized spacial score (nSPS) is 21.8. The Kier molecular flexibility index (Phi) is 3.01. The summed E-state index contributed by atoms with van der Waals surface area (Å²) in [5.41, 5.74) is 8.91. The molecule has 2 aliphatic heterocycles. The molecule has 0 fully saturated rings. The number of fused-ring (bicyclic) bond motifs is 1. The zero-order chi connectivity index (χ0) is 14.1. The number of anilines is 1. The Morgan fingerprint density at radius 3 is 2.85 bits per heavy atom. The van der Waals surface area contributed by atoms with E-state index >= 15 is 0 Å². The SMILES string of the molecule is CC1C=C2C(=NN(c3ccccc3)C(N)=C2C#N)CO1. The minimum absolute atomic E-state index is 0.0385. The van der Waals surface area contributed by atoms with E-state index in [1.807, 2.05) is 43.3 Å². The summed E-state index contributed by atoms with van der Waals surface area (Å²) < 4.78 is 5.55. The van der Waals surface area contributed by atoms with Crippen molar-refractivity contribution in [3.8, 4) is 6.07 Å². The fourth-order valence-electron chi connectivity index (χ4n) is 2.28. The average molecular weight is 266 g/mol. The number of rotatable bonds is 1. The first kappa shape index (κ1) is 12.5. The van der Waals surface area contributed by atoms with Crippen LogP contribution in [-0.4, -0.2) is 18.4 Å². The lowest BCUT2D eigenvalue weighted by molar-refractivity contribution is 0.126. The summed E-state index contributed by atoms with van der Waals surface area (Å²) in [5, 5.41) is 15.5. The molecule has 5 heteroatoms. The summed E-state index contributed by atoms with van der Waals surface area (Å²) in [5.74, 6) is 0.350. The fraction of sp³-hybridized carbons (Fsp3) is 0.200. The molecule has 5 nitrogen and oxygen atoms in total. The number of nitrogens with zero attached hydrogens (tertiary/aromatic N) is 3. The summed E-state index contributed by atoms with van der Waals surface area (Å²) in [6.07, 6.45) is 1.85. The topological polar surface area (TPSA) is 74.6 Å². The molecule has 100 valence electrons. The molecule has 1 atom stereocenters. The van der Waals surface area contributed by atoms with Crippen molar-refractivity contribution in [2.24, 2.45) is 10.8 Å². The minimum Gasteiger partial charge on any atom is -0.383 e. The summed E-state index contributed by atoms with van der Waals surface area (Å²) in [7, 11) is 0. The van der Waals surface area contributed by atoms with Gasteiger partial charge in [-0.15, -0.1) is 0 Å². The van der Waals surface area contributed by atoms with E-state index in [4.69, 9.17) is 10.5 Å². The molecule has 0 radical (unpaired) electrons. The summed E-state index contributed by atoms with van der Waals surface area (Å²) in [4.78, 5) is 0. The van der Waals surface area contributed by atoms with Crippen molar-refractivity contribution < 1.29 is 4.74 Å². The lowest BCUT2D eigenvalue weighted by atomic mass is 9.97. The van der Waals surface area contributed by atoms with E-state index in [-0.39, 0.29) is 6.10 Å². The third-order valence-corrected chi connectivity index (χ3v) is 3.28. The van der Waals surface area contributed by atoms with Crippen LogP contribution >= 0.6 is 0 Å².